The van der Waals surface area contributed by atoms with Gasteiger partial charge >= 0.3 is 11.9 Å². The summed E-state index contributed by atoms with van der Waals surface area (Å²) in [5.41, 5.74) is -3.16. The summed E-state index contributed by atoms with van der Waals surface area (Å²) in [6, 6.07) is 0. The second kappa shape index (κ2) is 6.70. The van der Waals surface area contributed by atoms with Gasteiger partial charge in [-0.15, -0.1) is 0 Å². The number of esters is 2. The maximum absolute atomic E-state index is 12.0. The highest BCUT2D eigenvalue weighted by Gasteiger charge is 2.58. The molecule has 0 heterocycles. The molecular formula is C12H22O6. The van der Waals surface area contributed by atoms with E-state index >= 15 is 0 Å². The zero-order valence-corrected chi connectivity index (χ0v) is 11.9. The third-order valence-corrected chi connectivity index (χ3v) is 3.06. The van der Waals surface area contributed by atoms with Crippen LogP contribution in [0.3, 0.4) is 0 Å². The lowest BCUT2D eigenvalue weighted by Crippen LogP contribution is -2.63. The Hall–Kier alpha value is -1.14. The number of hydrogen-bond donors (Lipinski definition) is 0. The van der Waals surface area contributed by atoms with Crippen molar-refractivity contribution in [3.63, 3.8) is 0 Å². The minimum Gasteiger partial charge on any atom is -0.464 e. The Kier molecular flexibility index (Phi) is 6.28. The molecular weight excluding hydrogens is 240 g/mol. The minimum atomic E-state index is -1.58. The van der Waals surface area contributed by atoms with Crippen LogP contribution in [0, 0.1) is 0 Å². The summed E-state index contributed by atoms with van der Waals surface area (Å²) in [5.74, 6) is -1.35. The van der Waals surface area contributed by atoms with Crippen LogP contribution in [0.4, 0.5) is 0 Å². The van der Waals surface area contributed by atoms with Crippen molar-refractivity contribution in [3.05, 3.63) is 0 Å². The van der Waals surface area contributed by atoms with E-state index in [1.54, 1.807) is 13.8 Å². The highest BCUT2D eigenvalue weighted by molar-refractivity contribution is 5.92. The SMILES string of the molecule is CCOC(=O)C(C)(OC)C(C)(OC)C(=O)OCC. The van der Waals surface area contributed by atoms with Crippen molar-refractivity contribution in [1.29, 1.82) is 0 Å². The largest absolute Gasteiger partial charge is 0.464 e. The molecule has 0 aliphatic heterocycles. The van der Waals surface area contributed by atoms with Gasteiger partial charge in [0.25, 0.3) is 0 Å². The number of hydrogen-bond acceptors (Lipinski definition) is 6. The molecule has 0 bridgehead atoms. The molecule has 0 aromatic carbocycles. The third kappa shape index (κ3) is 2.81. The first kappa shape index (κ1) is 16.9. The first-order valence-electron chi connectivity index (χ1n) is 5.78. The first-order chi connectivity index (χ1) is 8.33. The fourth-order valence-electron chi connectivity index (χ4n) is 1.48. The molecule has 0 amide bonds. The Bertz CT molecular complexity index is 273. The van der Waals surface area contributed by atoms with Crippen LogP contribution in [0.5, 0.6) is 0 Å². The maximum atomic E-state index is 12.0. The molecule has 0 N–H and O–H groups in total. The second-order valence-corrected chi connectivity index (χ2v) is 3.92. The maximum Gasteiger partial charge on any atom is 0.341 e. The summed E-state index contributed by atoms with van der Waals surface area (Å²) in [7, 11) is 2.63. The van der Waals surface area contributed by atoms with E-state index in [4.69, 9.17) is 18.9 Å². The average molecular weight is 262 g/mol. The van der Waals surface area contributed by atoms with Gasteiger partial charge in [0.2, 0.25) is 11.2 Å². The minimum absolute atomic E-state index is 0.181. The van der Waals surface area contributed by atoms with Crippen molar-refractivity contribution in [2.75, 3.05) is 27.4 Å². The molecule has 0 spiro atoms. The normalized spacial score (nSPS) is 17.4. The zero-order chi connectivity index (χ0) is 14.4. The topological polar surface area (TPSA) is 71.1 Å². The number of carbonyl (C=O) groups is 2. The predicted molar refractivity (Wildman–Crippen MR) is 64.1 cm³/mol. The Morgan fingerprint density at radius 3 is 1.28 bits per heavy atom. The lowest BCUT2D eigenvalue weighted by Gasteiger charge is -2.39. The molecule has 0 radical (unpaired) electrons. The predicted octanol–water partition coefficient (Wildman–Crippen LogP) is 0.923. The highest BCUT2D eigenvalue weighted by Crippen LogP contribution is 2.31. The second-order valence-electron chi connectivity index (χ2n) is 3.92. The Balaban J connectivity index is 5.42. The van der Waals surface area contributed by atoms with E-state index in [0.29, 0.717) is 0 Å². The molecule has 0 saturated carbocycles. The molecule has 0 saturated heterocycles. The van der Waals surface area contributed by atoms with E-state index in [1.165, 1.54) is 28.1 Å². The first-order valence-corrected chi connectivity index (χ1v) is 5.78. The van der Waals surface area contributed by atoms with Gasteiger partial charge in [0.1, 0.15) is 0 Å². The summed E-state index contributed by atoms with van der Waals surface area (Å²) >= 11 is 0. The van der Waals surface area contributed by atoms with Gasteiger partial charge < -0.3 is 18.9 Å². The quantitative estimate of drug-likeness (QED) is 0.635. The third-order valence-electron chi connectivity index (χ3n) is 3.06. The van der Waals surface area contributed by atoms with E-state index in [-0.39, 0.29) is 13.2 Å². The Morgan fingerprint density at radius 2 is 1.11 bits per heavy atom. The molecule has 0 fully saturated rings. The van der Waals surface area contributed by atoms with Crippen molar-refractivity contribution in [2.24, 2.45) is 0 Å². The van der Waals surface area contributed by atoms with Gasteiger partial charge in [-0.3, -0.25) is 0 Å². The molecule has 0 aromatic rings. The molecule has 2 unspecified atom stereocenters. The highest BCUT2D eigenvalue weighted by atomic mass is 16.6. The lowest BCUT2D eigenvalue weighted by molar-refractivity contribution is -0.217. The molecule has 6 heteroatoms. The van der Waals surface area contributed by atoms with E-state index in [9.17, 15) is 9.59 Å². The number of methoxy groups -OCH3 is 2. The van der Waals surface area contributed by atoms with Gasteiger partial charge in [0.15, 0.2) is 0 Å². The van der Waals surface area contributed by atoms with Crippen molar-refractivity contribution >= 4 is 11.9 Å². The fourth-order valence-corrected chi connectivity index (χ4v) is 1.48. The Labute approximate surface area is 108 Å². The molecule has 0 aromatic heterocycles. The average Bonchev–Trinajstić information content (AvgIpc) is 2.37. The molecule has 2 atom stereocenters. The number of ether oxygens (including phenoxy) is 4. The van der Waals surface area contributed by atoms with Crippen molar-refractivity contribution in [1.82, 2.24) is 0 Å². The van der Waals surface area contributed by atoms with Crippen LogP contribution in [-0.2, 0) is 28.5 Å². The van der Waals surface area contributed by atoms with Crippen LogP contribution in [0.15, 0.2) is 0 Å². The summed E-state index contributed by atoms with van der Waals surface area (Å²) in [6.07, 6.45) is 0. The van der Waals surface area contributed by atoms with Gasteiger partial charge in [-0.05, 0) is 27.7 Å². The van der Waals surface area contributed by atoms with Crippen LogP contribution in [0.1, 0.15) is 27.7 Å². The van der Waals surface area contributed by atoms with E-state index in [2.05, 4.69) is 0 Å². The van der Waals surface area contributed by atoms with Gasteiger partial charge in [-0.2, -0.15) is 0 Å². The molecule has 0 aliphatic carbocycles. The van der Waals surface area contributed by atoms with E-state index in [0.717, 1.165) is 0 Å². The summed E-state index contributed by atoms with van der Waals surface area (Å²) in [4.78, 5) is 24.0. The lowest BCUT2D eigenvalue weighted by atomic mass is 9.85. The standard InChI is InChI=1S/C12H22O6/c1-7-17-9(13)11(3,15-5)12(4,16-6)10(14)18-8-2/h7-8H2,1-6H3. The number of carbonyl (C=O) groups excluding carboxylic acids is 2. The van der Waals surface area contributed by atoms with Gasteiger partial charge in [-0.1, -0.05) is 0 Å². The fraction of sp³-hybridized carbons (Fsp3) is 0.833. The van der Waals surface area contributed by atoms with Crippen molar-refractivity contribution < 1.29 is 28.5 Å². The van der Waals surface area contributed by atoms with E-state index < -0.39 is 23.1 Å². The van der Waals surface area contributed by atoms with Crippen LogP contribution in [-0.4, -0.2) is 50.6 Å². The van der Waals surface area contributed by atoms with Crippen LogP contribution < -0.4 is 0 Å². The Morgan fingerprint density at radius 1 is 0.833 bits per heavy atom. The van der Waals surface area contributed by atoms with Crippen molar-refractivity contribution in [2.45, 2.75) is 38.9 Å². The van der Waals surface area contributed by atoms with Crippen LogP contribution >= 0.6 is 0 Å². The van der Waals surface area contributed by atoms with Crippen LogP contribution in [0.2, 0.25) is 0 Å². The molecule has 0 rings (SSSR count). The van der Waals surface area contributed by atoms with E-state index in [1.807, 2.05) is 0 Å². The smallest absolute Gasteiger partial charge is 0.341 e. The van der Waals surface area contributed by atoms with Gasteiger partial charge in [-0.25, -0.2) is 9.59 Å². The monoisotopic (exact) mass is 262 g/mol. The molecule has 18 heavy (non-hydrogen) atoms. The van der Waals surface area contributed by atoms with Crippen molar-refractivity contribution in [3.8, 4) is 0 Å². The zero-order valence-electron chi connectivity index (χ0n) is 11.9. The summed E-state index contributed by atoms with van der Waals surface area (Å²) in [5, 5.41) is 0. The van der Waals surface area contributed by atoms with Gasteiger partial charge in [0, 0.05) is 14.2 Å². The molecule has 6 nitrogen and oxygen atoms in total. The molecule has 0 aliphatic rings. The van der Waals surface area contributed by atoms with Crippen LogP contribution in [0.25, 0.3) is 0 Å². The summed E-state index contributed by atoms with van der Waals surface area (Å²) < 4.78 is 20.2. The summed E-state index contributed by atoms with van der Waals surface area (Å²) in [6.45, 7) is 6.57. The van der Waals surface area contributed by atoms with Gasteiger partial charge in [0.05, 0.1) is 13.2 Å². The number of rotatable bonds is 7. The molecule has 106 valence electrons.